The molecule has 1 amide bonds. The van der Waals surface area contributed by atoms with E-state index in [1.54, 1.807) is 11.3 Å². The van der Waals surface area contributed by atoms with Gasteiger partial charge in [0.2, 0.25) is 5.91 Å². The van der Waals surface area contributed by atoms with Crippen molar-refractivity contribution >= 4 is 17.2 Å². The van der Waals surface area contributed by atoms with Crippen LogP contribution in [0.15, 0.2) is 29.6 Å². The van der Waals surface area contributed by atoms with E-state index in [2.05, 4.69) is 49.3 Å². The Morgan fingerprint density at radius 3 is 2.75 bits per heavy atom. The summed E-state index contributed by atoms with van der Waals surface area (Å²) in [6.07, 6.45) is 1.81. The highest BCUT2D eigenvalue weighted by Gasteiger charge is 2.35. The van der Waals surface area contributed by atoms with Crippen LogP contribution < -0.4 is 4.74 Å². The van der Waals surface area contributed by atoms with E-state index in [4.69, 9.17) is 4.74 Å². The maximum atomic E-state index is 13.5. The van der Waals surface area contributed by atoms with Crippen molar-refractivity contribution in [3.05, 3.63) is 51.2 Å². The molecule has 1 N–H and O–H groups in total. The summed E-state index contributed by atoms with van der Waals surface area (Å²) in [6, 6.07) is 8.12. The summed E-state index contributed by atoms with van der Waals surface area (Å²) >= 11 is 1.76. The van der Waals surface area contributed by atoms with Gasteiger partial charge in [0, 0.05) is 17.5 Å². The largest absolute Gasteiger partial charge is 0.491 e. The molecule has 6 heteroatoms. The van der Waals surface area contributed by atoms with Gasteiger partial charge < -0.3 is 14.7 Å². The fraction of sp³-hybridized carbons (Fsp3) is 0.577. The molecule has 0 saturated carbocycles. The fourth-order valence-electron chi connectivity index (χ4n) is 4.41. The van der Waals surface area contributed by atoms with Gasteiger partial charge in [-0.1, -0.05) is 24.6 Å². The van der Waals surface area contributed by atoms with Crippen LogP contribution in [-0.4, -0.2) is 58.7 Å². The van der Waals surface area contributed by atoms with E-state index in [1.165, 1.54) is 16.0 Å². The van der Waals surface area contributed by atoms with Gasteiger partial charge in [0.1, 0.15) is 12.4 Å². The summed E-state index contributed by atoms with van der Waals surface area (Å²) < 4.78 is 6.25. The molecule has 0 spiro atoms. The molecule has 0 fully saturated rings. The third-order valence-corrected chi connectivity index (χ3v) is 7.56. The van der Waals surface area contributed by atoms with E-state index < -0.39 is 5.60 Å². The first kappa shape index (κ1) is 24.7. The average Bonchev–Trinajstić information content (AvgIpc) is 3.20. The second-order valence-electron chi connectivity index (χ2n) is 9.53. The van der Waals surface area contributed by atoms with Crippen LogP contribution in [0.1, 0.15) is 61.7 Å². The Labute approximate surface area is 197 Å². The summed E-state index contributed by atoms with van der Waals surface area (Å²) in [7, 11) is 0. The molecule has 1 aromatic carbocycles. The van der Waals surface area contributed by atoms with Gasteiger partial charge in [-0.05, 0) is 82.6 Å². The van der Waals surface area contributed by atoms with E-state index >= 15 is 0 Å². The van der Waals surface area contributed by atoms with Gasteiger partial charge in [0.25, 0.3) is 0 Å². The minimum atomic E-state index is -0.872. The monoisotopic (exact) mass is 458 g/mol. The van der Waals surface area contributed by atoms with Gasteiger partial charge in [-0.25, -0.2) is 0 Å². The molecule has 0 bridgehead atoms. The van der Waals surface area contributed by atoms with Crippen molar-refractivity contribution in [2.75, 3.05) is 26.2 Å². The van der Waals surface area contributed by atoms with Crippen LogP contribution >= 0.6 is 11.3 Å². The van der Waals surface area contributed by atoms with Crippen molar-refractivity contribution in [2.45, 2.75) is 72.1 Å². The lowest BCUT2D eigenvalue weighted by Crippen LogP contribution is -2.53. The molecule has 3 rings (SSSR count). The number of benzene rings is 1. The predicted molar refractivity (Wildman–Crippen MR) is 132 cm³/mol. The summed E-state index contributed by atoms with van der Waals surface area (Å²) in [6.45, 7) is 14.1. The standard InChI is InChI=1S/C26H38N2O3S/c1-7-12-27(20(4)26(5,6)30)16-25(29)28-13-10-24-21(11-14-32-24)22(28)17-31-23-9-8-18(2)15-19(23)3/h8-9,11,14-15,20,22,30H,7,10,12-13,16-17H2,1-6H3/t20-,22-/m1/s1. The Balaban J connectivity index is 1.79. The van der Waals surface area contributed by atoms with Crippen LogP contribution in [-0.2, 0) is 11.2 Å². The van der Waals surface area contributed by atoms with Gasteiger partial charge in [0.15, 0.2) is 0 Å². The number of hydrogen-bond acceptors (Lipinski definition) is 5. The molecule has 1 aromatic heterocycles. The number of carbonyl (C=O) groups is 1. The number of carbonyl (C=O) groups excluding carboxylic acids is 1. The molecule has 176 valence electrons. The quantitative estimate of drug-likeness (QED) is 0.590. The highest BCUT2D eigenvalue weighted by Crippen LogP contribution is 2.34. The second kappa shape index (κ2) is 10.4. The van der Waals surface area contributed by atoms with Gasteiger partial charge >= 0.3 is 0 Å². The van der Waals surface area contributed by atoms with Crippen molar-refractivity contribution in [1.82, 2.24) is 9.80 Å². The normalized spacial score (nSPS) is 17.4. The zero-order chi connectivity index (χ0) is 23.5. The third-order valence-electron chi connectivity index (χ3n) is 6.56. The molecular weight excluding hydrogens is 420 g/mol. The van der Waals surface area contributed by atoms with Crippen molar-refractivity contribution in [3.63, 3.8) is 0 Å². The lowest BCUT2D eigenvalue weighted by Gasteiger charge is -2.40. The average molecular weight is 459 g/mol. The summed E-state index contributed by atoms with van der Waals surface area (Å²) in [5, 5.41) is 12.6. The summed E-state index contributed by atoms with van der Waals surface area (Å²) in [4.78, 5) is 19.0. The van der Waals surface area contributed by atoms with Gasteiger partial charge in [-0.15, -0.1) is 11.3 Å². The van der Waals surface area contributed by atoms with Crippen molar-refractivity contribution < 1.29 is 14.6 Å². The SMILES string of the molecule is CCCN(CC(=O)N1CCc2sccc2[C@H]1COc1ccc(C)cc1C)[C@H](C)C(C)(C)O. The summed E-state index contributed by atoms with van der Waals surface area (Å²) in [5.41, 5.74) is 2.65. The fourth-order valence-corrected chi connectivity index (χ4v) is 5.34. The van der Waals surface area contributed by atoms with Gasteiger partial charge in [-0.3, -0.25) is 9.69 Å². The number of hydrogen-bond donors (Lipinski definition) is 1. The second-order valence-corrected chi connectivity index (χ2v) is 10.5. The lowest BCUT2D eigenvalue weighted by atomic mass is 9.98. The molecule has 0 radical (unpaired) electrons. The molecule has 0 saturated heterocycles. The third kappa shape index (κ3) is 5.72. The predicted octanol–water partition coefficient (Wildman–Crippen LogP) is 4.74. The Bertz CT molecular complexity index is 918. The van der Waals surface area contributed by atoms with Crippen LogP contribution in [0.3, 0.4) is 0 Å². The highest BCUT2D eigenvalue weighted by atomic mass is 32.1. The number of thiophene rings is 1. The molecule has 2 atom stereocenters. The van der Waals surface area contributed by atoms with Gasteiger partial charge in [-0.2, -0.15) is 0 Å². The molecule has 32 heavy (non-hydrogen) atoms. The molecular formula is C26H38N2O3S. The Morgan fingerprint density at radius 2 is 2.09 bits per heavy atom. The Kier molecular flexibility index (Phi) is 8.01. The molecule has 2 aromatic rings. The Morgan fingerprint density at radius 1 is 1.34 bits per heavy atom. The van der Waals surface area contributed by atoms with Crippen molar-refractivity contribution in [1.29, 1.82) is 0 Å². The van der Waals surface area contributed by atoms with Crippen molar-refractivity contribution in [2.24, 2.45) is 0 Å². The maximum absolute atomic E-state index is 13.5. The number of aryl methyl sites for hydroxylation is 2. The molecule has 2 heterocycles. The molecule has 5 nitrogen and oxygen atoms in total. The van der Waals surface area contributed by atoms with Crippen LogP contribution in [0.2, 0.25) is 0 Å². The number of ether oxygens (including phenoxy) is 1. The number of aliphatic hydroxyl groups is 1. The smallest absolute Gasteiger partial charge is 0.237 e. The number of rotatable bonds is 9. The van der Waals surface area contributed by atoms with E-state index in [-0.39, 0.29) is 18.0 Å². The van der Waals surface area contributed by atoms with E-state index in [9.17, 15) is 9.90 Å². The van der Waals surface area contributed by atoms with Crippen LogP contribution in [0.5, 0.6) is 5.75 Å². The first-order chi connectivity index (χ1) is 15.1. The minimum Gasteiger partial charge on any atom is -0.491 e. The number of fused-ring (bicyclic) bond motifs is 1. The topological polar surface area (TPSA) is 53.0 Å². The minimum absolute atomic E-state index is 0.0978. The Hall–Kier alpha value is -1.89. The van der Waals surface area contributed by atoms with Crippen LogP contribution in [0.4, 0.5) is 0 Å². The van der Waals surface area contributed by atoms with Gasteiger partial charge in [0.05, 0.1) is 18.2 Å². The zero-order valence-corrected chi connectivity index (χ0v) is 21.2. The highest BCUT2D eigenvalue weighted by molar-refractivity contribution is 7.10. The first-order valence-electron chi connectivity index (χ1n) is 11.6. The molecule has 0 unspecified atom stereocenters. The number of amides is 1. The number of nitrogens with zero attached hydrogens (tertiary/aromatic N) is 2. The molecule has 1 aliphatic rings. The van der Waals surface area contributed by atoms with E-state index in [1.807, 2.05) is 31.7 Å². The van der Waals surface area contributed by atoms with E-state index in [0.29, 0.717) is 19.7 Å². The zero-order valence-electron chi connectivity index (χ0n) is 20.4. The summed E-state index contributed by atoms with van der Waals surface area (Å²) in [5.74, 6) is 0.967. The van der Waals surface area contributed by atoms with Crippen LogP contribution in [0, 0.1) is 13.8 Å². The van der Waals surface area contributed by atoms with Crippen LogP contribution in [0.25, 0.3) is 0 Å². The first-order valence-corrected chi connectivity index (χ1v) is 12.5. The van der Waals surface area contributed by atoms with E-state index in [0.717, 1.165) is 30.7 Å². The maximum Gasteiger partial charge on any atom is 0.237 e. The molecule has 0 aliphatic carbocycles. The van der Waals surface area contributed by atoms with Crippen molar-refractivity contribution in [3.8, 4) is 5.75 Å². The lowest BCUT2D eigenvalue weighted by molar-refractivity contribution is -0.138. The molecule has 1 aliphatic heterocycles.